The van der Waals surface area contributed by atoms with E-state index in [9.17, 15) is 8.42 Å². The van der Waals surface area contributed by atoms with E-state index in [0.29, 0.717) is 5.01 Å². The molecular formula is C15H13N3O2S2. The highest BCUT2D eigenvalue weighted by Gasteiger charge is 2.11. The summed E-state index contributed by atoms with van der Waals surface area (Å²) in [6.45, 7) is 1.90. The number of fused-ring (bicyclic) bond motifs is 1. The number of aryl methyl sites for hydroxylation is 1. The summed E-state index contributed by atoms with van der Waals surface area (Å²) in [5.41, 5.74) is 1.87. The number of benzene rings is 2. The Hall–Kier alpha value is -2.25. The fourth-order valence-corrected chi connectivity index (χ4v) is 3.50. The van der Waals surface area contributed by atoms with Gasteiger partial charge in [-0.05, 0) is 31.2 Å². The zero-order valence-corrected chi connectivity index (χ0v) is 13.4. The van der Waals surface area contributed by atoms with Crippen LogP contribution in [0.25, 0.3) is 10.2 Å². The molecule has 3 aromatic rings. The maximum absolute atomic E-state index is 12.1. The van der Waals surface area contributed by atoms with Crippen molar-refractivity contribution in [3.05, 3.63) is 59.1 Å². The highest BCUT2D eigenvalue weighted by atomic mass is 32.2. The van der Waals surface area contributed by atoms with Crippen LogP contribution in [-0.2, 0) is 10.0 Å². The van der Waals surface area contributed by atoms with E-state index >= 15 is 0 Å². The molecule has 1 aromatic heterocycles. The summed E-state index contributed by atoms with van der Waals surface area (Å²) in [7, 11) is -3.65. The number of para-hydroxylation sites is 1. The fourth-order valence-electron chi connectivity index (χ4n) is 1.87. The van der Waals surface area contributed by atoms with Crippen molar-refractivity contribution in [2.45, 2.75) is 11.8 Å². The number of hydrogen-bond acceptors (Lipinski definition) is 5. The minimum absolute atomic E-state index is 0.180. The van der Waals surface area contributed by atoms with E-state index in [4.69, 9.17) is 0 Å². The Morgan fingerprint density at radius 3 is 2.59 bits per heavy atom. The van der Waals surface area contributed by atoms with Gasteiger partial charge < -0.3 is 0 Å². The molecule has 0 aliphatic rings. The molecule has 0 bridgehead atoms. The predicted molar refractivity (Wildman–Crippen MR) is 88.7 cm³/mol. The Morgan fingerprint density at radius 2 is 1.86 bits per heavy atom. The smallest absolute Gasteiger partial charge is 0.235 e. The van der Waals surface area contributed by atoms with Crippen LogP contribution in [0.2, 0.25) is 0 Å². The van der Waals surface area contributed by atoms with Crippen LogP contribution < -0.4 is 4.83 Å². The summed E-state index contributed by atoms with van der Waals surface area (Å²) in [5.74, 6) is 0. The van der Waals surface area contributed by atoms with Crippen LogP contribution in [0.5, 0.6) is 0 Å². The van der Waals surface area contributed by atoms with Gasteiger partial charge in [0.05, 0.1) is 21.3 Å². The monoisotopic (exact) mass is 331 g/mol. The Labute approximate surface area is 132 Å². The summed E-state index contributed by atoms with van der Waals surface area (Å²) in [5, 5.41) is 4.44. The van der Waals surface area contributed by atoms with Crippen molar-refractivity contribution in [3.8, 4) is 0 Å². The number of nitrogens with zero attached hydrogens (tertiary/aromatic N) is 2. The van der Waals surface area contributed by atoms with E-state index in [1.165, 1.54) is 17.6 Å². The Balaban J connectivity index is 1.77. The second-order valence-electron chi connectivity index (χ2n) is 4.69. The van der Waals surface area contributed by atoms with Crippen molar-refractivity contribution in [1.82, 2.24) is 9.82 Å². The van der Waals surface area contributed by atoms with Crippen LogP contribution >= 0.6 is 11.3 Å². The number of hydrazone groups is 1. The van der Waals surface area contributed by atoms with Crippen molar-refractivity contribution in [1.29, 1.82) is 0 Å². The molecule has 3 rings (SSSR count). The van der Waals surface area contributed by atoms with Crippen molar-refractivity contribution in [3.63, 3.8) is 0 Å². The lowest BCUT2D eigenvalue weighted by molar-refractivity contribution is 0.584. The van der Waals surface area contributed by atoms with Gasteiger partial charge in [0.15, 0.2) is 0 Å². The molecule has 0 amide bonds. The number of thiazole rings is 1. The van der Waals surface area contributed by atoms with Crippen LogP contribution in [0.3, 0.4) is 0 Å². The summed E-state index contributed by atoms with van der Waals surface area (Å²) < 4.78 is 25.2. The first-order valence-electron chi connectivity index (χ1n) is 6.52. The lowest BCUT2D eigenvalue weighted by Gasteiger charge is -2.02. The number of rotatable bonds is 4. The molecule has 0 fully saturated rings. The van der Waals surface area contributed by atoms with E-state index in [0.717, 1.165) is 15.8 Å². The maximum atomic E-state index is 12.1. The Morgan fingerprint density at radius 1 is 1.14 bits per heavy atom. The van der Waals surface area contributed by atoms with Gasteiger partial charge in [-0.1, -0.05) is 29.8 Å². The van der Waals surface area contributed by atoms with Crippen molar-refractivity contribution >= 4 is 37.8 Å². The zero-order chi connectivity index (χ0) is 15.6. The molecule has 0 aliphatic carbocycles. The van der Waals surface area contributed by atoms with Gasteiger partial charge in [0.1, 0.15) is 5.01 Å². The fraction of sp³-hybridized carbons (Fsp3) is 0.0667. The van der Waals surface area contributed by atoms with Gasteiger partial charge in [0, 0.05) is 0 Å². The van der Waals surface area contributed by atoms with Gasteiger partial charge in [-0.2, -0.15) is 18.4 Å². The molecule has 2 aromatic carbocycles. The number of nitrogens with one attached hydrogen (secondary N) is 1. The molecule has 7 heteroatoms. The van der Waals surface area contributed by atoms with E-state index in [1.54, 1.807) is 24.3 Å². The maximum Gasteiger partial charge on any atom is 0.276 e. The number of hydrogen-bond donors (Lipinski definition) is 1. The number of sulfonamides is 1. The molecule has 5 nitrogen and oxygen atoms in total. The van der Waals surface area contributed by atoms with Gasteiger partial charge in [-0.3, -0.25) is 0 Å². The topological polar surface area (TPSA) is 71.4 Å². The second-order valence-corrected chi connectivity index (χ2v) is 7.41. The molecular weight excluding hydrogens is 318 g/mol. The zero-order valence-electron chi connectivity index (χ0n) is 11.7. The first kappa shape index (κ1) is 14.7. The Bertz CT molecular complexity index is 896. The molecule has 0 atom stereocenters. The summed E-state index contributed by atoms with van der Waals surface area (Å²) in [6, 6.07) is 14.3. The quantitative estimate of drug-likeness (QED) is 0.590. The average Bonchev–Trinajstić information content (AvgIpc) is 2.90. The van der Waals surface area contributed by atoms with Crippen molar-refractivity contribution < 1.29 is 8.42 Å². The van der Waals surface area contributed by atoms with E-state index in [1.807, 2.05) is 31.2 Å². The second kappa shape index (κ2) is 5.86. The molecule has 112 valence electrons. The summed E-state index contributed by atoms with van der Waals surface area (Å²) in [6.07, 6.45) is 1.41. The minimum atomic E-state index is -3.65. The third-order valence-corrected chi connectivity index (χ3v) is 5.20. The van der Waals surface area contributed by atoms with Crippen molar-refractivity contribution in [2.24, 2.45) is 5.10 Å². The lowest BCUT2D eigenvalue weighted by atomic mass is 10.2. The van der Waals surface area contributed by atoms with Crippen molar-refractivity contribution in [2.75, 3.05) is 0 Å². The van der Waals surface area contributed by atoms with Gasteiger partial charge in [-0.15, -0.1) is 11.3 Å². The largest absolute Gasteiger partial charge is 0.276 e. The molecule has 22 heavy (non-hydrogen) atoms. The third kappa shape index (κ3) is 3.15. The molecule has 0 spiro atoms. The van der Waals surface area contributed by atoms with E-state index in [2.05, 4.69) is 14.9 Å². The molecule has 1 N–H and O–H groups in total. The van der Waals surface area contributed by atoms with Gasteiger partial charge >= 0.3 is 0 Å². The van der Waals surface area contributed by atoms with E-state index in [-0.39, 0.29) is 4.90 Å². The van der Waals surface area contributed by atoms with Crippen LogP contribution in [0, 0.1) is 6.92 Å². The molecule has 0 saturated carbocycles. The molecule has 0 aliphatic heterocycles. The third-order valence-electron chi connectivity index (χ3n) is 2.99. The Kier molecular flexibility index (Phi) is 3.91. The normalized spacial score (nSPS) is 12.0. The number of aromatic nitrogens is 1. The average molecular weight is 331 g/mol. The standard InChI is InChI=1S/C15H13N3O2S2/c1-11-6-8-12(9-7-11)22(19,20)18-16-10-15-17-13-4-2-3-5-14(13)21-15/h2-10,18H,1H3/b16-10+. The first-order valence-corrected chi connectivity index (χ1v) is 8.82. The molecule has 1 heterocycles. The lowest BCUT2D eigenvalue weighted by Crippen LogP contribution is -2.18. The summed E-state index contributed by atoms with van der Waals surface area (Å²) >= 11 is 1.45. The minimum Gasteiger partial charge on any atom is -0.235 e. The SMILES string of the molecule is Cc1ccc(S(=O)(=O)N/N=C/c2nc3ccccc3s2)cc1. The van der Waals surface area contributed by atoms with Crippen LogP contribution in [0.15, 0.2) is 58.5 Å². The molecule has 0 saturated heterocycles. The van der Waals surface area contributed by atoms with Gasteiger partial charge in [-0.25, -0.2) is 4.98 Å². The van der Waals surface area contributed by atoms with Crippen LogP contribution in [0.4, 0.5) is 0 Å². The highest BCUT2D eigenvalue weighted by Crippen LogP contribution is 2.20. The van der Waals surface area contributed by atoms with Gasteiger partial charge in [0.25, 0.3) is 10.0 Å². The highest BCUT2D eigenvalue weighted by molar-refractivity contribution is 7.89. The van der Waals surface area contributed by atoms with E-state index < -0.39 is 10.0 Å². The predicted octanol–water partition coefficient (Wildman–Crippen LogP) is 2.92. The summed E-state index contributed by atoms with van der Waals surface area (Å²) in [4.78, 5) is 6.73. The first-order chi connectivity index (χ1) is 10.5. The molecule has 0 radical (unpaired) electrons. The molecule has 0 unspecified atom stereocenters. The van der Waals surface area contributed by atoms with Crippen LogP contribution in [-0.4, -0.2) is 19.6 Å². The van der Waals surface area contributed by atoms with Gasteiger partial charge in [0.2, 0.25) is 0 Å². The van der Waals surface area contributed by atoms with Crippen LogP contribution in [0.1, 0.15) is 10.6 Å².